The van der Waals surface area contributed by atoms with Crippen molar-refractivity contribution in [1.82, 2.24) is 0 Å². The number of nitrogens with one attached hydrogen (secondary N) is 1. The molecular formula is C23H28N2O6. The Bertz CT molecular complexity index is 1000. The summed E-state index contributed by atoms with van der Waals surface area (Å²) < 4.78 is 16.6. The fourth-order valence-corrected chi connectivity index (χ4v) is 3.86. The molecular weight excluding hydrogens is 400 g/mol. The number of amides is 1. The standard InChI is InChI=1S/C23H28N2O6/c1-6-7-12-29-19(26)17-18(24)30-13(2)16(20(27)31-22(3,4)5)23(17)14-10-8-9-11-15(14)25-21(23)28/h8-11H,6-7,12,24H2,1-5H3,(H,25,28)/t23-/m1/s1. The number of esters is 2. The summed E-state index contributed by atoms with van der Waals surface area (Å²) in [5, 5.41) is 2.76. The van der Waals surface area contributed by atoms with Crippen molar-refractivity contribution in [3.05, 3.63) is 52.6 Å². The molecule has 2 aliphatic heterocycles. The van der Waals surface area contributed by atoms with Crippen LogP contribution in [0, 0.1) is 0 Å². The van der Waals surface area contributed by atoms with Crippen LogP contribution < -0.4 is 11.1 Å². The average molecular weight is 428 g/mol. The third kappa shape index (κ3) is 3.78. The van der Waals surface area contributed by atoms with Crippen LogP contribution in [0.1, 0.15) is 53.0 Å². The number of carbonyl (C=O) groups excluding carboxylic acids is 3. The van der Waals surface area contributed by atoms with Crippen LogP contribution in [0.3, 0.4) is 0 Å². The van der Waals surface area contributed by atoms with Gasteiger partial charge in [-0.1, -0.05) is 31.5 Å². The predicted octanol–water partition coefficient (Wildman–Crippen LogP) is 3.04. The molecule has 2 heterocycles. The van der Waals surface area contributed by atoms with Crippen LogP contribution >= 0.6 is 0 Å². The molecule has 3 N–H and O–H groups in total. The summed E-state index contributed by atoms with van der Waals surface area (Å²) in [7, 11) is 0. The van der Waals surface area contributed by atoms with E-state index in [1.165, 1.54) is 6.92 Å². The summed E-state index contributed by atoms with van der Waals surface area (Å²) in [6, 6.07) is 6.82. The molecule has 0 saturated carbocycles. The molecule has 0 fully saturated rings. The molecule has 166 valence electrons. The molecule has 2 aliphatic rings. The Morgan fingerprint density at radius 3 is 2.48 bits per heavy atom. The largest absolute Gasteiger partial charge is 0.462 e. The Labute approximate surface area is 181 Å². The summed E-state index contributed by atoms with van der Waals surface area (Å²) in [6.07, 6.45) is 1.46. The zero-order valence-electron chi connectivity index (χ0n) is 18.5. The number of carbonyl (C=O) groups is 3. The first-order chi connectivity index (χ1) is 14.5. The van der Waals surface area contributed by atoms with E-state index in [1.54, 1.807) is 45.0 Å². The SMILES string of the molecule is CCCCOC(=O)C1=C(N)OC(C)=C(C(=O)OC(C)(C)C)[C@@]12C(=O)Nc1ccccc12. The Morgan fingerprint density at radius 2 is 1.84 bits per heavy atom. The Kier molecular flexibility index (Phi) is 5.85. The quantitative estimate of drug-likeness (QED) is 0.547. The van der Waals surface area contributed by atoms with Gasteiger partial charge in [0.05, 0.1) is 6.61 Å². The van der Waals surface area contributed by atoms with Crippen molar-refractivity contribution in [3.8, 4) is 0 Å². The molecule has 1 amide bonds. The number of benzene rings is 1. The number of anilines is 1. The minimum Gasteiger partial charge on any atom is -0.462 e. The number of hydrogen-bond acceptors (Lipinski definition) is 7. The number of hydrogen-bond donors (Lipinski definition) is 2. The minimum atomic E-state index is -1.84. The van der Waals surface area contributed by atoms with Gasteiger partial charge in [0.25, 0.3) is 0 Å². The van der Waals surface area contributed by atoms with Crippen LogP contribution in [0.2, 0.25) is 0 Å². The molecule has 8 heteroatoms. The van der Waals surface area contributed by atoms with Gasteiger partial charge in [-0.3, -0.25) is 4.79 Å². The van der Waals surface area contributed by atoms with E-state index in [-0.39, 0.29) is 29.4 Å². The number of nitrogens with two attached hydrogens (primary N) is 1. The fourth-order valence-electron chi connectivity index (χ4n) is 3.86. The van der Waals surface area contributed by atoms with E-state index in [1.807, 2.05) is 6.92 Å². The highest BCUT2D eigenvalue weighted by atomic mass is 16.6. The Balaban J connectivity index is 2.25. The second-order valence-corrected chi connectivity index (χ2v) is 8.51. The normalized spacial score (nSPS) is 20.4. The lowest BCUT2D eigenvalue weighted by Gasteiger charge is -2.36. The van der Waals surface area contributed by atoms with Crippen LogP contribution in [0.4, 0.5) is 5.69 Å². The van der Waals surface area contributed by atoms with E-state index in [0.29, 0.717) is 17.7 Å². The van der Waals surface area contributed by atoms with Crippen molar-refractivity contribution in [2.45, 2.75) is 58.5 Å². The molecule has 0 radical (unpaired) electrons. The summed E-state index contributed by atoms with van der Waals surface area (Å²) in [5.74, 6) is -2.38. The first kappa shape index (κ1) is 22.4. The van der Waals surface area contributed by atoms with Gasteiger partial charge in [-0.25, -0.2) is 9.59 Å². The van der Waals surface area contributed by atoms with Gasteiger partial charge in [0.2, 0.25) is 11.8 Å². The van der Waals surface area contributed by atoms with E-state index in [0.717, 1.165) is 6.42 Å². The molecule has 8 nitrogen and oxygen atoms in total. The number of allylic oxidation sites excluding steroid dienone is 1. The van der Waals surface area contributed by atoms with Gasteiger partial charge < -0.3 is 25.3 Å². The smallest absolute Gasteiger partial charge is 0.341 e. The molecule has 0 saturated heterocycles. The summed E-state index contributed by atoms with van der Waals surface area (Å²) in [5.41, 5.74) is 4.01. The van der Waals surface area contributed by atoms with Gasteiger partial charge in [0, 0.05) is 11.3 Å². The lowest BCUT2D eigenvalue weighted by atomic mass is 9.67. The second-order valence-electron chi connectivity index (χ2n) is 8.51. The molecule has 1 aromatic carbocycles. The maximum Gasteiger partial charge on any atom is 0.341 e. The van der Waals surface area contributed by atoms with Crippen LogP contribution in [-0.2, 0) is 34.0 Å². The number of para-hydroxylation sites is 1. The third-order valence-corrected chi connectivity index (χ3v) is 5.07. The predicted molar refractivity (Wildman–Crippen MR) is 113 cm³/mol. The van der Waals surface area contributed by atoms with E-state index >= 15 is 0 Å². The number of rotatable bonds is 5. The zero-order chi connectivity index (χ0) is 23.0. The van der Waals surface area contributed by atoms with E-state index < -0.39 is 28.9 Å². The van der Waals surface area contributed by atoms with E-state index in [9.17, 15) is 14.4 Å². The fraction of sp³-hybridized carbons (Fsp3) is 0.435. The monoisotopic (exact) mass is 428 g/mol. The van der Waals surface area contributed by atoms with Crippen LogP contribution in [0.5, 0.6) is 0 Å². The molecule has 1 aromatic rings. The molecule has 0 aromatic heterocycles. The second kappa shape index (κ2) is 8.09. The van der Waals surface area contributed by atoms with Crippen molar-refractivity contribution >= 4 is 23.5 Å². The molecule has 1 spiro atoms. The van der Waals surface area contributed by atoms with E-state index in [2.05, 4.69) is 5.32 Å². The van der Waals surface area contributed by atoms with Crippen molar-refractivity contribution < 1.29 is 28.6 Å². The molecule has 0 bridgehead atoms. The van der Waals surface area contributed by atoms with Crippen molar-refractivity contribution in [2.75, 3.05) is 11.9 Å². The van der Waals surface area contributed by atoms with Crippen LogP contribution in [-0.4, -0.2) is 30.1 Å². The topological polar surface area (TPSA) is 117 Å². The van der Waals surface area contributed by atoms with Gasteiger partial charge in [0.1, 0.15) is 27.9 Å². The molecule has 0 aliphatic carbocycles. The highest BCUT2D eigenvalue weighted by molar-refractivity contribution is 6.21. The van der Waals surface area contributed by atoms with Gasteiger partial charge in [-0.05, 0) is 40.2 Å². The van der Waals surface area contributed by atoms with Crippen molar-refractivity contribution in [2.24, 2.45) is 5.73 Å². The highest BCUT2D eigenvalue weighted by Gasteiger charge is 2.62. The first-order valence-electron chi connectivity index (χ1n) is 10.2. The molecule has 31 heavy (non-hydrogen) atoms. The summed E-state index contributed by atoms with van der Waals surface area (Å²) in [6.45, 7) is 8.76. The average Bonchev–Trinajstić information content (AvgIpc) is 2.92. The zero-order valence-corrected chi connectivity index (χ0v) is 18.5. The maximum atomic E-state index is 13.5. The summed E-state index contributed by atoms with van der Waals surface area (Å²) in [4.78, 5) is 40.0. The van der Waals surface area contributed by atoms with Crippen molar-refractivity contribution in [3.63, 3.8) is 0 Å². The molecule has 3 rings (SSSR count). The summed E-state index contributed by atoms with van der Waals surface area (Å²) >= 11 is 0. The number of ether oxygens (including phenoxy) is 3. The first-order valence-corrected chi connectivity index (χ1v) is 10.2. The third-order valence-electron chi connectivity index (χ3n) is 5.07. The minimum absolute atomic E-state index is 0.0868. The van der Waals surface area contributed by atoms with Crippen molar-refractivity contribution in [1.29, 1.82) is 0 Å². The lowest BCUT2D eigenvalue weighted by Crippen LogP contribution is -2.49. The van der Waals surface area contributed by atoms with Gasteiger partial charge in [0.15, 0.2) is 0 Å². The number of fused-ring (bicyclic) bond motifs is 2. The van der Waals surface area contributed by atoms with Crippen LogP contribution in [0.15, 0.2) is 47.1 Å². The lowest BCUT2D eigenvalue weighted by molar-refractivity contribution is -0.152. The van der Waals surface area contributed by atoms with Gasteiger partial charge >= 0.3 is 11.9 Å². The molecule has 0 unspecified atom stereocenters. The Morgan fingerprint density at radius 1 is 1.16 bits per heavy atom. The molecule has 1 atom stereocenters. The van der Waals surface area contributed by atoms with Gasteiger partial charge in [-0.15, -0.1) is 0 Å². The highest BCUT2D eigenvalue weighted by Crippen LogP contribution is 2.52. The van der Waals surface area contributed by atoms with Gasteiger partial charge in [-0.2, -0.15) is 0 Å². The Hall–Kier alpha value is -3.29. The number of unbranched alkanes of at least 4 members (excludes halogenated alkanes) is 1. The maximum absolute atomic E-state index is 13.5. The van der Waals surface area contributed by atoms with E-state index in [4.69, 9.17) is 19.9 Å². The van der Waals surface area contributed by atoms with Crippen LogP contribution in [0.25, 0.3) is 0 Å².